The van der Waals surface area contributed by atoms with Crippen LogP contribution >= 0.6 is 0 Å². The Bertz CT molecular complexity index is 837. The first kappa shape index (κ1) is 17.5. The van der Waals surface area contributed by atoms with Gasteiger partial charge in [0.05, 0.1) is 12.3 Å². The molecule has 1 N–H and O–H groups in total. The highest BCUT2D eigenvalue weighted by atomic mass is 16.5. The highest BCUT2D eigenvalue weighted by Crippen LogP contribution is 2.28. The van der Waals surface area contributed by atoms with Crippen LogP contribution in [-0.2, 0) is 11.3 Å². The summed E-state index contributed by atoms with van der Waals surface area (Å²) >= 11 is 0. The quantitative estimate of drug-likeness (QED) is 0.858. The lowest BCUT2D eigenvalue weighted by molar-refractivity contribution is 0.0867. The maximum atomic E-state index is 12.3. The Labute approximate surface area is 152 Å². The Kier molecular flexibility index (Phi) is 4.93. The van der Waals surface area contributed by atoms with Gasteiger partial charge in [0, 0.05) is 58.1 Å². The van der Waals surface area contributed by atoms with Crippen molar-refractivity contribution in [1.82, 2.24) is 19.2 Å². The number of hydrogen-bond acceptors (Lipinski definition) is 6. The van der Waals surface area contributed by atoms with Gasteiger partial charge in [-0.2, -0.15) is 0 Å². The summed E-state index contributed by atoms with van der Waals surface area (Å²) in [5.41, 5.74) is 0.899. The van der Waals surface area contributed by atoms with Crippen molar-refractivity contribution in [3.8, 4) is 5.75 Å². The standard InChI is InChI=1S/C19H26N4O3/c1-26-8-7-22-11-14-4-5-16(22)13-21(10-14)12-15-9-18(25)23-6-2-3-17(24)19(23)20-15/h2-3,6,9,14,16,24H,4-5,7-8,10-13H2,1H3/t14-,16+/m0/s1. The lowest BCUT2D eigenvalue weighted by atomic mass is 9.95. The minimum absolute atomic E-state index is 0.0353. The zero-order valence-corrected chi connectivity index (χ0v) is 15.2. The summed E-state index contributed by atoms with van der Waals surface area (Å²) in [6.45, 7) is 5.54. The van der Waals surface area contributed by atoms with E-state index in [4.69, 9.17) is 4.74 Å². The molecule has 2 bridgehead atoms. The first-order chi connectivity index (χ1) is 12.6. The molecule has 3 aliphatic rings. The van der Waals surface area contributed by atoms with E-state index in [9.17, 15) is 9.90 Å². The Morgan fingerprint density at radius 1 is 1.31 bits per heavy atom. The molecular weight excluding hydrogens is 332 g/mol. The summed E-state index contributed by atoms with van der Waals surface area (Å²) in [6.07, 6.45) is 4.12. The van der Waals surface area contributed by atoms with Gasteiger partial charge in [-0.05, 0) is 30.9 Å². The van der Waals surface area contributed by atoms with E-state index < -0.39 is 0 Å². The SMILES string of the molecule is COCCN1C[C@H]2CC[C@@H]1CN(Cc1cc(=O)n3cccc(O)c3n1)C2. The van der Waals surface area contributed by atoms with Crippen molar-refractivity contribution in [3.05, 3.63) is 40.4 Å². The summed E-state index contributed by atoms with van der Waals surface area (Å²) in [6, 6.07) is 5.33. The van der Waals surface area contributed by atoms with Crippen molar-refractivity contribution in [2.24, 2.45) is 5.92 Å². The van der Waals surface area contributed by atoms with Gasteiger partial charge in [0.15, 0.2) is 11.4 Å². The number of rotatable bonds is 5. The van der Waals surface area contributed by atoms with E-state index in [1.165, 1.54) is 17.2 Å². The monoisotopic (exact) mass is 358 g/mol. The van der Waals surface area contributed by atoms with E-state index in [1.54, 1.807) is 31.5 Å². The number of piperidine rings is 1. The fourth-order valence-corrected chi connectivity index (χ4v) is 4.36. The zero-order valence-electron chi connectivity index (χ0n) is 15.2. The molecule has 2 aromatic rings. The van der Waals surface area contributed by atoms with Gasteiger partial charge in [-0.25, -0.2) is 4.98 Å². The van der Waals surface area contributed by atoms with Gasteiger partial charge in [0.1, 0.15) is 0 Å². The first-order valence-corrected chi connectivity index (χ1v) is 9.29. The number of fused-ring (bicyclic) bond motifs is 5. The van der Waals surface area contributed by atoms with E-state index in [-0.39, 0.29) is 11.3 Å². The second-order valence-corrected chi connectivity index (χ2v) is 7.45. The van der Waals surface area contributed by atoms with Crippen molar-refractivity contribution in [2.75, 3.05) is 39.9 Å². The molecule has 140 valence electrons. The molecular formula is C19H26N4O3. The van der Waals surface area contributed by atoms with Crippen LogP contribution in [0.3, 0.4) is 0 Å². The van der Waals surface area contributed by atoms with Crippen molar-refractivity contribution in [3.63, 3.8) is 0 Å². The van der Waals surface area contributed by atoms with Crippen molar-refractivity contribution in [2.45, 2.75) is 25.4 Å². The van der Waals surface area contributed by atoms with Gasteiger partial charge >= 0.3 is 0 Å². The summed E-state index contributed by atoms with van der Waals surface area (Å²) in [5.74, 6) is 0.689. The van der Waals surface area contributed by atoms with Crippen LogP contribution in [0.4, 0.5) is 0 Å². The highest BCUT2D eigenvalue weighted by molar-refractivity contribution is 5.52. The van der Waals surface area contributed by atoms with Crippen LogP contribution in [0.15, 0.2) is 29.2 Å². The smallest absolute Gasteiger partial charge is 0.258 e. The van der Waals surface area contributed by atoms with E-state index in [0.717, 1.165) is 38.5 Å². The minimum atomic E-state index is -0.152. The molecule has 2 aromatic heterocycles. The van der Waals surface area contributed by atoms with Gasteiger partial charge < -0.3 is 9.84 Å². The maximum absolute atomic E-state index is 12.3. The van der Waals surface area contributed by atoms with E-state index in [2.05, 4.69) is 14.8 Å². The lowest BCUT2D eigenvalue weighted by Crippen LogP contribution is -2.45. The molecule has 3 aliphatic heterocycles. The Hall–Kier alpha value is -1.96. The van der Waals surface area contributed by atoms with Crippen LogP contribution in [0.2, 0.25) is 0 Å². The third-order valence-electron chi connectivity index (χ3n) is 5.59. The molecule has 0 spiro atoms. The van der Waals surface area contributed by atoms with E-state index in [0.29, 0.717) is 24.2 Å². The third-order valence-corrected chi connectivity index (χ3v) is 5.59. The molecule has 3 fully saturated rings. The fraction of sp³-hybridized carbons (Fsp3) is 0.579. The number of aromatic hydroxyl groups is 1. The van der Waals surface area contributed by atoms with E-state index >= 15 is 0 Å². The molecule has 0 aliphatic carbocycles. The second kappa shape index (κ2) is 7.34. The number of pyridine rings is 1. The van der Waals surface area contributed by atoms with Gasteiger partial charge in [-0.3, -0.25) is 19.0 Å². The highest BCUT2D eigenvalue weighted by Gasteiger charge is 2.34. The number of ether oxygens (including phenoxy) is 1. The molecule has 0 unspecified atom stereocenters. The molecule has 5 heterocycles. The topological polar surface area (TPSA) is 70.3 Å². The zero-order chi connectivity index (χ0) is 18.1. The van der Waals surface area contributed by atoms with Crippen molar-refractivity contribution < 1.29 is 9.84 Å². The number of aromatic nitrogens is 2. The number of hydrogen-bond donors (Lipinski definition) is 1. The van der Waals surface area contributed by atoms with Crippen LogP contribution in [0, 0.1) is 5.92 Å². The predicted octanol–water partition coefficient (Wildman–Crippen LogP) is 0.943. The summed E-state index contributed by atoms with van der Waals surface area (Å²) in [7, 11) is 1.75. The molecule has 0 saturated carbocycles. The Morgan fingerprint density at radius 2 is 2.19 bits per heavy atom. The van der Waals surface area contributed by atoms with Crippen LogP contribution in [-0.4, -0.2) is 70.2 Å². The van der Waals surface area contributed by atoms with Crippen LogP contribution in [0.25, 0.3) is 5.65 Å². The van der Waals surface area contributed by atoms with Gasteiger partial charge in [0.25, 0.3) is 5.56 Å². The maximum Gasteiger partial charge on any atom is 0.258 e. The Morgan fingerprint density at radius 3 is 3.04 bits per heavy atom. The minimum Gasteiger partial charge on any atom is -0.504 e. The average Bonchev–Trinajstić information content (AvgIpc) is 2.91. The normalized spacial score (nSPS) is 24.2. The second-order valence-electron chi connectivity index (χ2n) is 7.45. The summed E-state index contributed by atoms with van der Waals surface area (Å²) in [5, 5.41) is 10.0. The van der Waals surface area contributed by atoms with Crippen molar-refractivity contribution in [1.29, 1.82) is 0 Å². The average molecular weight is 358 g/mol. The van der Waals surface area contributed by atoms with Gasteiger partial charge in [-0.1, -0.05) is 0 Å². The molecule has 7 nitrogen and oxygen atoms in total. The summed E-state index contributed by atoms with van der Waals surface area (Å²) in [4.78, 5) is 21.8. The number of nitrogens with zero attached hydrogens (tertiary/aromatic N) is 4. The molecule has 2 atom stereocenters. The van der Waals surface area contributed by atoms with Gasteiger partial charge in [0.2, 0.25) is 0 Å². The van der Waals surface area contributed by atoms with Crippen LogP contribution in [0.1, 0.15) is 18.5 Å². The molecule has 5 rings (SSSR count). The molecule has 0 amide bonds. The van der Waals surface area contributed by atoms with E-state index in [1.807, 2.05) is 0 Å². The Balaban J connectivity index is 1.54. The third kappa shape index (κ3) is 3.47. The number of methoxy groups -OCH3 is 1. The summed E-state index contributed by atoms with van der Waals surface area (Å²) < 4.78 is 6.64. The van der Waals surface area contributed by atoms with Crippen LogP contribution < -0.4 is 5.56 Å². The molecule has 3 saturated heterocycles. The largest absolute Gasteiger partial charge is 0.504 e. The van der Waals surface area contributed by atoms with Crippen LogP contribution in [0.5, 0.6) is 5.75 Å². The fourth-order valence-electron chi connectivity index (χ4n) is 4.36. The predicted molar refractivity (Wildman–Crippen MR) is 98.4 cm³/mol. The molecule has 0 radical (unpaired) electrons. The first-order valence-electron chi connectivity index (χ1n) is 9.29. The molecule has 7 heteroatoms. The molecule has 0 aromatic carbocycles. The van der Waals surface area contributed by atoms with Crippen molar-refractivity contribution >= 4 is 5.65 Å². The van der Waals surface area contributed by atoms with Gasteiger partial charge in [-0.15, -0.1) is 0 Å². The molecule has 26 heavy (non-hydrogen) atoms. The lowest BCUT2D eigenvalue weighted by Gasteiger charge is -2.35.